The Bertz CT molecular complexity index is 558. The van der Waals surface area contributed by atoms with Crippen LogP contribution in [0.1, 0.15) is 22.5 Å². The molecule has 94 valence electrons. The van der Waals surface area contributed by atoms with Gasteiger partial charge in [0.15, 0.2) is 0 Å². The van der Waals surface area contributed by atoms with Crippen molar-refractivity contribution in [1.82, 2.24) is 9.78 Å². The molecule has 1 aromatic heterocycles. The number of benzene rings is 1. The van der Waals surface area contributed by atoms with Crippen LogP contribution in [0.25, 0.3) is 0 Å². The summed E-state index contributed by atoms with van der Waals surface area (Å²) in [6, 6.07) is 9.23. The molecule has 1 N–H and O–H groups in total. The first-order chi connectivity index (χ1) is 8.65. The summed E-state index contributed by atoms with van der Waals surface area (Å²) in [5.74, 6) is 0. The molecule has 0 spiro atoms. The van der Waals surface area contributed by atoms with Crippen LogP contribution in [0.3, 0.4) is 0 Å². The summed E-state index contributed by atoms with van der Waals surface area (Å²) in [5, 5.41) is 8.12. The number of anilines is 1. The topological polar surface area (TPSA) is 29.9 Å². The lowest BCUT2D eigenvalue weighted by Crippen LogP contribution is -2.20. The Balaban J connectivity index is 1.80. The maximum atomic E-state index is 4.46. The lowest BCUT2D eigenvalue weighted by molar-refractivity contribution is 0.730. The van der Waals surface area contributed by atoms with E-state index in [2.05, 4.69) is 48.5 Å². The molecule has 0 atom stereocenters. The second-order valence-corrected chi connectivity index (χ2v) is 5.19. The first-order valence-corrected chi connectivity index (χ1v) is 6.48. The van der Waals surface area contributed by atoms with Crippen molar-refractivity contribution in [2.24, 2.45) is 7.05 Å². The molecular weight excluding hydrogens is 222 g/mol. The van der Waals surface area contributed by atoms with Crippen molar-refractivity contribution in [3.63, 3.8) is 0 Å². The van der Waals surface area contributed by atoms with Crippen molar-refractivity contribution in [1.29, 1.82) is 0 Å². The van der Waals surface area contributed by atoms with E-state index in [9.17, 15) is 0 Å². The largest absolute Gasteiger partial charge is 0.379 e. The summed E-state index contributed by atoms with van der Waals surface area (Å²) in [7, 11) is 2.00. The number of rotatable bonds is 2. The van der Waals surface area contributed by atoms with Gasteiger partial charge in [-0.2, -0.15) is 5.10 Å². The molecule has 0 unspecified atom stereocenters. The highest BCUT2D eigenvalue weighted by molar-refractivity contribution is 5.54. The van der Waals surface area contributed by atoms with Crippen LogP contribution < -0.4 is 5.32 Å². The van der Waals surface area contributed by atoms with E-state index in [1.54, 1.807) is 0 Å². The van der Waals surface area contributed by atoms with E-state index in [1.165, 1.54) is 22.5 Å². The number of aryl methyl sites for hydroxylation is 2. The fourth-order valence-electron chi connectivity index (χ4n) is 2.85. The van der Waals surface area contributed by atoms with Crippen molar-refractivity contribution in [2.45, 2.75) is 32.7 Å². The Morgan fingerprint density at radius 1 is 1.17 bits per heavy atom. The minimum atomic E-state index is 0.504. The van der Waals surface area contributed by atoms with E-state index in [-0.39, 0.29) is 0 Å². The number of aromatic nitrogens is 2. The summed E-state index contributed by atoms with van der Waals surface area (Å²) < 4.78 is 1.94. The molecule has 0 saturated heterocycles. The average Bonchev–Trinajstić information content (AvgIpc) is 2.86. The predicted octanol–water partition coefficient (Wildman–Crippen LogP) is 2.62. The van der Waals surface area contributed by atoms with Crippen LogP contribution in [0.4, 0.5) is 5.69 Å². The van der Waals surface area contributed by atoms with Gasteiger partial charge in [-0.25, -0.2) is 0 Å². The molecule has 0 radical (unpaired) electrons. The number of fused-ring (bicyclic) bond motifs is 1. The Kier molecular flexibility index (Phi) is 2.62. The molecule has 1 heterocycles. The standard InChI is InChI=1S/C15H19N3/c1-10-15(11(2)18(3)17-10)16-14-8-12-6-4-5-7-13(12)9-14/h4-7,14,16H,8-9H2,1-3H3. The number of hydrogen-bond donors (Lipinski definition) is 1. The normalized spacial score (nSPS) is 14.8. The van der Waals surface area contributed by atoms with E-state index in [0.29, 0.717) is 6.04 Å². The molecule has 0 saturated carbocycles. The SMILES string of the molecule is Cc1nn(C)c(C)c1NC1Cc2ccccc2C1. The van der Waals surface area contributed by atoms with Gasteiger partial charge in [0.2, 0.25) is 0 Å². The monoisotopic (exact) mass is 241 g/mol. The molecule has 0 bridgehead atoms. The summed E-state index contributed by atoms with van der Waals surface area (Å²) in [4.78, 5) is 0. The predicted molar refractivity (Wildman–Crippen MR) is 73.9 cm³/mol. The van der Waals surface area contributed by atoms with Crippen molar-refractivity contribution in [2.75, 3.05) is 5.32 Å². The molecule has 0 fully saturated rings. The number of nitrogens with zero attached hydrogens (tertiary/aromatic N) is 2. The molecule has 1 aromatic carbocycles. The zero-order valence-corrected chi connectivity index (χ0v) is 11.2. The van der Waals surface area contributed by atoms with Crippen molar-refractivity contribution in [3.8, 4) is 0 Å². The van der Waals surface area contributed by atoms with Crippen LogP contribution in [-0.4, -0.2) is 15.8 Å². The molecule has 2 aromatic rings. The molecule has 3 rings (SSSR count). The van der Waals surface area contributed by atoms with Crippen molar-refractivity contribution >= 4 is 5.69 Å². The van der Waals surface area contributed by atoms with Gasteiger partial charge in [0.05, 0.1) is 17.1 Å². The summed E-state index contributed by atoms with van der Waals surface area (Å²) in [6.45, 7) is 4.18. The Labute approximate surface area is 108 Å². The Morgan fingerprint density at radius 2 is 1.78 bits per heavy atom. The van der Waals surface area contributed by atoms with Gasteiger partial charge in [0.25, 0.3) is 0 Å². The average molecular weight is 241 g/mol. The molecule has 18 heavy (non-hydrogen) atoms. The first-order valence-electron chi connectivity index (χ1n) is 6.48. The van der Waals surface area contributed by atoms with Crippen LogP contribution in [0, 0.1) is 13.8 Å². The summed E-state index contributed by atoms with van der Waals surface area (Å²) in [6.07, 6.45) is 2.23. The quantitative estimate of drug-likeness (QED) is 0.876. The highest BCUT2D eigenvalue weighted by Gasteiger charge is 2.22. The molecule has 0 aliphatic heterocycles. The minimum Gasteiger partial charge on any atom is -0.379 e. The number of hydrogen-bond acceptors (Lipinski definition) is 2. The maximum absolute atomic E-state index is 4.46. The molecule has 1 aliphatic carbocycles. The smallest absolute Gasteiger partial charge is 0.0827 e. The summed E-state index contributed by atoms with van der Waals surface area (Å²) >= 11 is 0. The van der Waals surface area contributed by atoms with Gasteiger partial charge in [0, 0.05) is 13.1 Å². The molecule has 1 aliphatic rings. The van der Waals surface area contributed by atoms with E-state index in [1.807, 2.05) is 11.7 Å². The third-order valence-electron chi connectivity index (χ3n) is 3.91. The zero-order chi connectivity index (χ0) is 12.7. The third kappa shape index (κ3) is 1.80. The Morgan fingerprint density at radius 3 is 2.28 bits per heavy atom. The van der Waals surface area contributed by atoms with E-state index in [0.717, 1.165) is 18.5 Å². The van der Waals surface area contributed by atoms with Crippen LogP contribution in [0.15, 0.2) is 24.3 Å². The van der Waals surface area contributed by atoms with Gasteiger partial charge >= 0.3 is 0 Å². The van der Waals surface area contributed by atoms with Crippen LogP contribution in [-0.2, 0) is 19.9 Å². The van der Waals surface area contributed by atoms with Gasteiger partial charge in [-0.3, -0.25) is 4.68 Å². The molecule has 3 heteroatoms. The highest BCUT2D eigenvalue weighted by Crippen LogP contribution is 2.27. The summed E-state index contributed by atoms with van der Waals surface area (Å²) in [5.41, 5.74) is 6.47. The van der Waals surface area contributed by atoms with Crippen LogP contribution in [0.5, 0.6) is 0 Å². The molecule has 0 amide bonds. The fraction of sp³-hybridized carbons (Fsp3) is 0.400. The lowest BCUT2D eigenvalue weighted by Gasteiger charge is -2.13. The van der Waals surface area contributed by atoms with E-state index < -0.39 is 0 Å². The lowest BCUT2D eigenvalue weighted by atomic mass is 10.1. The number of nitrogens with one attached hydrogen (secondary N) is 1. The van der Waals surface area contributed by atoms with Gasteiger partial charge < -0.3 is 5.32 Å². The van der Waals surface area contributed by atoms with Crippen molar-refractivity contribution < 1.29 is 0 Å². The fourth-order valence-corrected chi connectivity index (χ4v) is 2.85. The maximum Gasteiger partial charge on any atom is 0.0827 e. The van der Waals surface area contributed by atoms with Gasteiger partial charge in [0.1, 0.15) is 0 Å². The Hall–Kier alpha value is -1.77. The first kappa shape index (κ1) is 11.3. The van der Waals surface area contributed by atoms with Gasteiger partial charge in [-0.1, -0.05) is 24.3 Å². The van der Waals surface area contributed by atoms with Gasteiger partial charge in [-0.15, -0.1) is 0 Å². The second kappa shape index (κ2) is 4.16. The van der Waals surface area contributed by atoms with Crippen LogP contribution in [0.2, 0.25) is 0 Å². The van der Waals surface area contributed by atoms with E-state index >= 15 is 0 Å². The van der Waals surface area contributed by atoms with Crippen LogP contribution >= 0.6 is 0 Å². The molecular formula is C15H19N3. The molecule has 3 nitrogen and oxygen atoms in total. The zero-order valence-electron chi connectivity index (χ0n) is 11.2. The highest BCUT2D eigenvalue weighted by atomic mass is 15.3. The van der Waals surface area contributed by atoms with E-state index in [4.69, 9.17) is 0 Å². The minimum absolute atomic E-state index is 0.504. The van der Waals surface area contributed by atoms with Crippen molar-refractivity contribution in [3.05, 3.63) is 46.8 Å². The second-order valence-electron chi connectivity index (χ2n) is 5.19. The third-order valence-corrected chi connectivity index (χ3v) is 3.91. The van der Waals surface area contributed by atoms with Gasteiger partial charge in [-0.05, 0) is 37.8 Å².